The van der Waals surface area contributed by atoms with Crippen LogP contribution in [0.5, 0.6) is 5.75 Å². The van der Waals surface area contributed by atoms with Gasteiger partial charge < -0.3 is 0 Å². The van der Waals surface area contributed by atoms with Crippen LogP contribution < -0.4 is 8.01 Å². The van der Waals surface area contributed by atoms with Crippen molar-refractivity contribution in [2.75, 3.05) is 6.61 Å². The van der Waals surface area contributed by atoms with Crippen molar-refractivity contribution in [1.29, 1.82) is 0 Å². The third-order valence-electron chi connectivity index (χ3n) is 1.17. The van der Waals surface area contributed by atoms with Crippen LogP contribution in [-0.2, 0) is 0 Å². The van der Waals surface area contributed by atoms with Crippen LogP contribution in [-0.4, -0.2) is 31.3 Å². The number of benzene rings is 1. The predicted molar refractivity (Wildman–Crippen MR) is 43.0 cm³/mol. The molecule has 0 aliphatic heterocycles. The molecule has 0 N–H and O–H groups in total. The maximum absolute atomic E-state index is 5.36. The molecule has 1 nitrogen and oxygen atoms in total. The second kappa shape index (κ2) is 3.92. The fourth-order valence-electron chi connectivity index (χ4n) is 0.735. The Morgan fingerprint density at radius 2 is 2.10 bits per heavy atom. The molecule has 0 saturated carbocycles. The zero-order valence-electron chi connectivity index (χ0n) is 5.87. The summed E-state index contributed by atoms with van der Waals surface area (Å²) < 4.78 is 6.67. The van der Waals surface area contributed by atoms with Crippen LogP contribution >= 0.6 is 0 Å². The van der Waals surface area contributed by atoms with E-state index in [1.807, 2.05) is 25.1 Å². The topological polar surface area (TPSA) is 9.23 Å². The van der Waals surface area contributed by atoms with Crippen molar-refractivity contribution in [2.45, 2.75) is 6.92 Å². The summed E-state index contributed by atoms with van der Waals surface area (Å²) in [5, 5.41) is 0. The number of hydrogen-bond donors (Lipinski definition) is 0. The number of hydrogen-bond acceptors (Lipinski definition) is 1. The first-order valence-electron chi connectivity index (χ1n) is 3.25. The Hall–Kier alpha value is -0.0969. The molecule has 0 saturated heterocycles. The van der Waals surface area contributed by atoms with Crippen LogP contribution in [0.3, 0.4) is 0 Å². The molecule has 0 aromatic heterocycles. The Balaban J connectivity index is 2.81. The Morgan fingerprint density at radius 1 is 1.40 bits per heavy atom. The fourth-order valence-corrected chi connectivity index (χ4v) is 1.61. The van der Waals surface area contributed by atoms with Crippen LogP contribution in [0.2, 0.25) is 0 Å². The van der Waals surface area contributed by atoms with Gasteiger partial charge in [-0.25, -0.2) is 0 Å². The molecule has 0 atom stereocenters. The van der Waals surface area contributed by atoms with Gasteiger partial charge in [-0.3, -0.25) is 0 Å². The maximum atomic E-state index is 5.36. The first-order chi connectivity index (χ1) is 4.84. The van der Waals surface area contributed by atoms with Crippen molar-refractivity contribution in [2.24, 2.45) is 0 Å². The molecule has 0 amide bonds. The van der Waals surface area contributed by atoms with Gasteiger partial charge in [0.05, 0.1) is 0 Å². The zero-order valence-corrected chi connectivity index (χ0v) is 9.35. The summed E-state index contributed by atoms with van der Waals surface area (Å²) >= 11 is 1.26. The Kier molecular flexibility index (Phi) is 3.14. The van der Waals surface area contributed by atoms with Gasteiger partial charge in [0.15, 0.2) is 0 Å². The van der Waals surface area contributed by atoms with Gasteiger partial charge in [-0.2, -0.15) is 0 Å². The zero-order chi connectivity index (χ0) is 7.40. The van der Waals surface area contributed by atoms with E-state index < -0.39 is 0 Å². The van der Waals surface area contributed by atoms with E-state index in [2.05, 4.69) is 6.07 Å². The third kappa shape index (κ3) is 1.95. The molecule has 0 unspecified atom stereocenters. The van der Waals surface area contributed by atoms with E-state index in [4.69, 9.17) is 4.74 Å². The summed E-state index contributed by atoms with van der Waals surface area (Å²) in [6.07, 6.45) is 0. The van der Waals surface area contributed by atoms with Gasteiger partial charge in [-0.05, 0) is 0 Å². The van der Waals surface area contributed by atoms with Crippen molar-refractivity contribution in [3.8, 4) is 5.75 Å². The van der Waals surface area contributed by atoms with Gasteiger partial charge in [0.25, 0.3) is 0 Å². The number of ether oxygens (including phenoxy) is 1. The van der Waals surface area contributed by atoms with Gasteiger partial charge in [-0.1, -0.05) is 0 Å². The van der Waals surface area contributed by atoms with Gasteiger partial charge in [0.2, 0.25) is 0 Å². The molecule has 0 aliphatic carbocycles. The molecule has 0 aliphatic rings. The molecule has 0 bridgehead atoms. The molecule has 1 aromatic carbocycles. The van der Waals surface area contributed by atoms with E-state index in [0.717, 1.165) is 12.4 Å². The SMILES string of the molecule is CCOc1cccc[c]1[Bi]. The molecule has 0 fully saturated rings. The van der Waals surface area contributed by atoms with Crippen molar-refractivity contribution < 1.29 is 4.74 Å². The van der Waals surface area contributed by atoms with E-state index in [0.29, 0.717) is 0 Å². The summed E-state index contributed by atoms with van der Waals surface area (Å²) in [6, 6.07) is 8.15. The van der Waals surface area contributed by atoms with Crippen molar-refractivity contribution in [1.82, 2.24) is 0 Å². The van der Waals surface area contributed by atoms with Crippen LogP contribution in [0.25, 0.3) is 0 Å². The average Bonchev–Trinajstić information content (AvgIpc) is 1.94. The van der Waals surface area contributed by atoms with Crippen molar-refractivity contribution in [3.05, 3.63) is 24.3 Å². The van der Waals surface area contributed by atoms with Crippen LogP contribution in [0, 0.1) is 0 Å². The molecule has 0 heterocycles. The molecule has 2 radical (unpaired) electrons. The van der Waals surface area contributed by atoms with E-state index >= 15 is 0 Å². The summed E-state index contributed by atoms with van der Waals surface area (Å²) in [5.41, 5.74) is 0. The quantitative estimate of drug-likeness (QED) is 0.732. The van der Waals surface area contributed by atoms with E-state index in [9.17, 15) is 0 Å². The Morgan fingerprint density at radius 3 is 2.70 bits per heavy atom. The normalized spacial score (nSPS) is 9.40. The molecule has 1 aromatic rings. The molecule has 52 valence electrons. The van der Waals surface area contributed by atoms with Gasteiger partial charge >= 0.3 is 76.3 Å². The van der Waals surface area contributed by atoms with E-state index in [1.54, 1.807) is 0 Å². The second-order valence-corrected chi connectivity index (χ2v) is 3.77. The van der Waals surface area contributed by atoms with E-state index in [1.165, 1.54) is 28.0 Å². The average molecular weight is 330 g/mol. The third-order valence-corrected chi connectivity index (χ3v) is 2.60. The van der Waals surface area contributed by atoms with Crippen molar-refractivity contribution in [3.63, 3.8) is 0 Å². The molecular weight excluding hydrogens is 321 g/mol. The second-order valence-electron chi connectivity index (χ2n) is 1.90. The van der Waals surface area contributed by atoms with Gasteiger partial charge in [0.1, 0.15) is 0 Å². The summed E-state index contributed by atoms with van der Waals surface area (Å²) in [5.74, 6) is 1.04. The molecule has 1 rings (SSSR count). The Labute approximate surface area is 76.2 Å². The standard InChI is InChI=1S/C8H9O.Bi/c1-2-9-8-6-4-3-5-7-8;/h3-6H,2H2,1H3;. The van der Waals surface area contributed by atoms with Gasteiger partial charge in [0, 0.05) is 0 Å². The first-order valence-corrected chi connectivity index (χ1v) is 4.99. The Bertz CT molecular complexity index is 210. The minimum atomic E-state index is 0.759. The predicted octanol–water partition coefficient (Wildman–Crippen LogP) is 0.879. The summed E-state index contributed by atoms with van der Waals surface area (Å²) in [6.45, 7) is 2.76. The van der Waals surface area contributed by atoms with Crippen LogP contribution in [0.15, 0.2) is 24.3 Å². The minimum absolute atomic E-state index is 0.759. The molecular formula is C8H9BiO. The monoisotopic (exact) mass is 330 g/mol. The summed E-state index contributed by atoms with van der Waals surface area (Å²) in [7, 11) is 0. The van der Waals surface area contributed by atoms with Crippen LogP contribution in [0.1, 0.15) is 6.92 Å². The number of para-hydroxylation sites is 1. The van der Waals surface area contributed by atoms with Gasteiger partial charge in [-0.15, -0.1) is 0 Å². The fraction of sp³-hybridized carbons (Fsp3) is 0.250. The number of rotatable bonds is 2. The molecule has 0 spiro atoms. The molecule has 10 heavy (non-hydrogen) atoms. The molecule has 2 heteroatoms. The van der Waals surface area contributed by atoms with E-state index in [-0.39, 0.29) is 0 Å². The van der Waals surface area contributed by atoms with Crippen molar-refractivity contribution >= 4 is 28.0 Å². The van der Waals surface area contributed by atoms with Crippen LogP contribution in [0.4, 0.5) is 0 Å². The summed E-state index contributed by atoms with van der Waals surface area (Å²) in [4.78, 5) is 0. The first kappa shape index (κ1) is 8.00.